The molecule has 0 amide bonds. The summed E-state index contributed by atoms with van der Waals surface area (Å²) < 4.78 is 77.4. The fourth-order valence-corrected chi connectivity index (χ4v) is 1.18. The summed E-state index contributed by atoms with van der Waals surface area (Å²) in [6.45, 7) is -0.159. The Morgan fingerprint density at radius 1 is 0.889 bits per heavy atom. The Balaban J connectivity index is 4.30. The van der Waals surface area contributed by atoms with E-state index < -0.39 is 24.6 Å². The van der Waals surface area contributed by atoms with Gasteiger partial charge in [0.25, 0.3) is 5.60 Å². The maximum atomic E-state index is 12.2. The van der Waals surface area contributed by atoms with Crippen molar-refractivity contribution in [3.63, 3.8) is 0 Å². The summed E-state index contributed by atoms with van der Waals surface area (Å²) in [5.41, 5.74) is -4.80. The maximum absolute atomic E-state index is 12.2. The van der Waals surface area contributed by atoms with Gasteiger partial charge in [0.15, 0.2) is 0 Å². The molecule has 2 nitrogen and oxygen atoms in total. The van der Waals surface area contributed by atoms with E-state index in [1.807, 2.05) is 6.92 Å². The summed E-state index contributed by atoms with van der Waals surface area (Å²) in [4.78, 5) is 0. The number of hydrogen-bond donors (Lipinski definition) is 1. The summed E-state index contributed by atoms with van der Waals surface area (Å²) in [7, 11) is 0. The second kappa shape index (κ2) is 6.60. The third-order valence-electron chi connectivity index (χ3n) is 2.39. The molecule has 8 heteroatoms. The van der Waals surface area contributed by atoms with Crippen LogP contribution in [0.25, 0.3) is 0 Å². The largest absolute Gasteiger partial charge is 0.428 e. The fraction of sp³-hybridized carbons (Fsp3) is 1.00. The molecule has 0 aliphatic heterocycles. The first-order valence-electron chi connectivity index (χ1n) is 5.50. The lowest BCUT2D eigenvalue weighted by molar-refractivity contribution is -0.378. The number of aliphatic hydroxyl groups is 1. The minimum absolute atomic E-state index is 0.242. The summed E-state index contributed by atoms with van der Waals surface area (Å²) in [6.07, 6.45) is -8.89. The van der Waals surface area contributed by atoms with Crippen LogP contribution in [0.2, 0.25) is 0 Å². The lowest BCUT2D eigenvalue weighted by Gasteiger charge is -2.31. The van der Waals surface area contributed by atoms with Gasteiger partial charge in [0, 0.05) is 6.61 Å². The lowest BCUT2D eigenvalue weighted by atomic mass is 10.0. The first-order valence-corrected chi connectivity index (χ1v) is 5.50. The first-order chi connectivity index (χ1) is 8.06. The highest BCUT2D eigenvalue weighted by molar-refractivity contribution is 4.93. The lowest BCUT2D eigenvalue weighted by Crippen LogP contribution is -2.60. The summed E-state index contributed by atoms with van der Waals surface area (Å²) >= 11 is 0. The van der Waals surface area contributed by atoms with Crippen LogP contribution in [0.5, 0.6) is 0 Å². The molecule has 0 fully saturated rings. The Morgan fingerprint density at radius 3 is 1.78 bits per heavy atom. The Hall–Kier alpha value is -0.500. The van der Waals surface area contributed by atoms with E-state index in [1.165, 1.54) is 0 Å². The Morgan fingerprint density at radius 2 is 1.39 bits per heavy atom. The van der Waals surface area contributed by atoms with Crippen LogP contribution in [-0.2, 0) is 4.74 Å². The average molecular weight is 282 g/mol. The van der Waals surface area contributed by atoms with E-state index in [1.54, 1.807) is 0 Å². The highest BCUT2D eigenvalue weighted by Crippen LogP contribution is 2.43. The quantitative estimate of drug-likeness (QED) is 0.572. The minimum atomic E-state index is -5.81. The van der Waals surface area contributed by atoms with Gasteiger partial charge in [-0.2, -0.15) is 26.3 Å². The monoisotopic (exact) mass is 282 g/mol. The van der Waals surface area contributed by atoms with Gasteiger partial charge in [-0.15, -0.1) is 0 Å². The van der Waals surface area contributed by atoms with E-state index in [9.17, 15) is 26.3 Å². The van der Waals surface area contributed by atoms with E-state index in [0.29, 0.717) is 12.8 Å². The van der Waals surface area contributed by atoms with Crippen molar-refractivity contribution in [3.05, 3.63) is 0 Å². The van der Waals surface area contributed by atoms with Crippen LogP contribution in [0.3, 0.4) is 0 Å². The molecule has 0 heterocycles. The molecule has 0 aromatic rings. The summed E-state index contributed by atoms with van der Waals surface area (Å²) in [6, 6.07) is 0. The number of unbranched alkanes of at least 4 members (excludes halogenated alkanes) is 3. The molecular formula is C10H16F6O2. The normalized spacial score (nSPS) is 14.0. The molecule has 0 aliphatic rings. The number of halogens is 6. The van der Waals surface area contributed by atoms with E-state index >= 15 is 0 Å². The molecule has 0 bridgehead atoms. The molecule has 0 rings (SSSR count). The molecule has 0 unspecified atom stereocenters. The van der Waals surface area contributed by atoms with E-state index in [4.69, 9.17) is 5.11 Å². The fourth-order valence-electron chi connectivity index (χ4n) is 1.18. The van der Waals surface area contributed by atoms with Gasteiger partial charge in [-0.1, -0.05) is 26.2 Å². The van der Waals surface area contributed by atoms with Crippen molar-refractivity contribution < 1.29 is 36.2 Å². The molecule has 1 N–H and O–H groups in total. The predicted molar refractivity (Wildman–Crippen MR) is 52.0 cm³/mol. The SMILES string of the molecule is CCCCCCOCC(O)(C(F)(F)F)C(F)(F)F. The summed E-state index contributed by atoms with van der Waals surface area (Å²) in [5.74, 6) is 0. The maximum Gasteiger partial charge on any atom is 0.428 e. The molecule has 0 aliphatic carbocycles. The second-order valence-corrected chi connectivity index (χ2v) is 3.97. The standard InChI is InChI=1S/C10H16F6O2/c1-2-3-4-5-6-18-7-8(17,9(11,12)13)10(14,15)16/h17H,2-7H2,1H3. The molecule has 0 atom stereocenters. The Bertz CT molecular complexity index is 222. The van der Waals surface area contributed by atoms with Gasteiger partial charge in [-0.3, -0.25) is 0 Å². The van der Waals surface area contributed by atoms with E-state index in [-0.39, 0.29) is 6.61 Å². The van der Waals surface area contributed by atoms with Crippen molar-refractivity contribution in [1.82, 2.24) is 0 Å². The van der Waals surface area contributed by atoms with Crippen molar-refractivity contribution in [2.24, 2.45) is 0 Å². The average Bonchev–Trinajstić information content (AvgIpc) is 2.19. The van der Waals surface area contributed by atoms with E-state index in [0.717, 1.165) is 12.8 Å². The van der Waals surface area contributed by atoms with Gasteiger partial charge >= 0.3 is 12.4 Å². The first kappa shape index (κ1) is 17.5. The molecular weight excluding hydrogens is 266 g/mol. The number of ether oxygens (including phenoxy) is 1. The molecule has 110 valence electrons. The topological polar surface area (TPSA) is 29.5 Å². The van der Waals surface area contributed by atoms with Crippen molar-refractivity contribution >= 4 is 0 Å². The van der Waals surface area contributed by atoms with E-state index in [2.05, 4.69) is 4.74 Å². The van der Waals surface area contributed by atoms with Crippen LogP contribution >= 0.6 is 0 Å². The van der Waals surface area contributed by atoms with Gasteiger partial charge in [0.1, 0.15) is 0 Å². The van der Waals surface area contributed by atoms with Gasteiger partial charge in [0.2, 0.25) is 0 Å². The molecule has 0 aromatic carbocycles. The van der Waals surface area contributed by atoms with Crippen molar-refractivity contribution in [2.45, 2.75) is 50.6 Å². The van der Waals surface area contributed by atoms with Gasteiger partial charge < -0.3 is 9.84 Å². The Kier molecular flexibility index (Phi) is 6.42. The van der Waals surface area contributed by atoms with Gasteiger partial charge in [-0.25, -0.2) is 0 Å². The molecule has 18 heavy (non-hydrogen) atoms. The highest BCUT2D eigenvalue weighted by atomic mass is 19.4. The number of alkyl halides is 6. The zero-order valence-electron chi connectivity index (χ0n) is 9.87. The third kappa shape index (κ3) is 4.64. The van der Waals surface area contributed by atoms with Crippen LogP contribution in [0.4, 0.5) is 26.3 Å². The molecule has 0 aromatic heterocycles. The van der Waals surface area contributed by atoms with Crippen molar-refractivity contribution in [1.29, 1.82) is 0 Å². The summed E-state index contributed by atoms with van der Waals surface area (Å²) in [5, 5.41) is 8.71. The molecule has 0 saturated heterocycles. The number of rotatable bonds is 7. The van der Waals surface area contributed by atoms with Gasteiger partial charge in [0.05, 0.1) is 6.61 Å². The second-order valence-electron chi connectivity index (χ2n) is 3.97. The van der Waals surface area contributed by atoms with Crippen LogP contribution in [0, 0.1) is 0 Å². The zero-order valence-corrected chi connectivity index (χ0v) is 9.87. The molecule has 0 spiro atoms. The van der Waals surface area contributed by atoms with Crippen LogP contribution in [0.15, 0.2) is 0 Å². The van der Waals surface area contributed by atoms with Crippen molar-refractivity contribution in [2.75, 3.05) is 13.2 Å². The van der Waals surface area contributed by atoms with Gasteiger partial charge in [-0.05, 0) is 6.42 Å². The highest BCUT2D eigenvalue weighted by Gasteiger charge is 2.70. The van der Waals surface area contributed by atoms with Crippen LogP contribution in [-0.4, -0.2) is 36.3 Å². The zero-order chi connectivity index (χ0) is 14.4. The molecule has 0 saturated carbocycles. The van der Waals surface area contributed by atoms with Crippen LogP contribution in [0.1, 0.15) is 32.6 Å². The smallest absolute Gasteiger partial charge is 0.378 e. The third-order valence-corrected chi connectivity index (χ3v) is 2.39. The van der Waals surface area contributed by atoms with Crippen molar-refractivity contribution in [3.8, 4) is 0 Å². The minimum Gasteiger partial charge on any atom is -0.378 e. The van der Waals surface area contributed by atoms with Crippen LogP contribution < -0.4 is 0 Å². The number of hydrogen-bond acceptors (Lipinski definition) is 2. The Labute approximate surface area is 101 Å². The molecule has 0 radical (unpaired) electrons. The predicted octanol–water partition coefficient (Wildman–Crippen LogP) is 3.44.